The summed E-state index contributed by atoms with van der Waals surface area (Å²) in [7, 11) is 0. The van der Waals surface area contributed by atoms with Crippen LogP contribution in [0.15, 0.2) is 12.2 Å². The zero-order valence-electron chi connectivity index (χ0n) is 18.2. The van der Waals surface area contributed by atoms with Crippen molar-refractivity contribution in [1.82, 2.24) is 10.6 Å². The standard InChI is InChI=1S/C21H34N2O7/c1-14-13-29-20(28)16(12-18(26)30-21(2,3)4)8-6-5-7-15(19(27)23-14)11-17(25)22-9-10-24/h5-6,14-16,24H,7-13H2,1-4H3,(H,22,25)(H,23,27)/b6-5-/t14-,15+,16+/m0/s1. The Hall–Kier alpha value is -2.42. The number of aliphatic hydroxyl groups excluding tert-OH is 1. The molecule has 2 amide bonds. The molecule has 9 nitrogen and oxygen atoms in total. The minimum absolute atomic E-state index is 0.0238. The summed E-state index contributed by atoms with van der Waals surface area (Å²) in [5.41, 5.74) is -0.648. The van der Waals surface area contributed by atoms with E-state index in [1.807, 2.05) is 0 Å². The molecule has 0 bridgehead atoms. The third kappa shape index (κ3) is 10.4. The van der Waals surface area contributed by atoms with Crippen LogP contribution in [0.2, 0.25) is 0 Å². The molecule has 0 aliphatic carbocycles. The van der Waals surface area contributed by atoms with Crippen molar-refractivity contribution < 1.29 is 33.8 Å². The molecule has 0 spiro atoms. The monoisotopic (exact) mass is 426 g/mol. The summed E-state index contributed by atoms with van der Waals surface area (Å²) in [5, 5.41) is 14.1. The Morgan fingerprint density at radius 1 is 1.20 bits per heavy atom. The van der Waals surface area contributed by atoms with Crippen LogP contribution in [-0.4, -0.2) is 60.3 Å². The zero-order valence-corrected chi connectivity index (χ0v) is 18.2. The van der Waals surface area contributed by atoms with Gasteiger partial charge < -0.3 is 25.2 Å². The number of carbonyl (C=O) groups excluding carboxylic acids is 4. The number of esters is 2. The maximum atomic E-state index is 12.5. The second-order valence-corrected chi connectivity index (χ2v) is 8.44. The van der Waals surface area contributed by atoms with Crippen molar-refractivity contribution in [2.24, 2.45) is 11.8 Å². The minimum atomic E-state index is -0.690. The Morgan fingerprint density at radius 3 is 2.43 bits per heavy atom. The smallest absolute Gasteiger partial charge is 0.309 e. The first kappa shape index (κ1) is 25.6. The van der Waals surface area contributed by atoms with E-state index in [1.165, 1.54) is 0 Å². The summed E-state index contributed by atoms with van der Waals surface area (Å²) in [5.74, 6) is -2.93. The molecule has 170 valence electrons. The van der Waals surface area contributed by atoms with Gasteiger partial charge in [-0.05, 0) is 40.5 Å². The lowest BCUT2D eigenvalue weighted by Crippen LogP contribution is -2.42. The maximum Gasteiger partial charge on any atom is 0.309 e. The molecular formula is C21H34N2O7. The Bertz CT molecular complexity index is 640. The number of allylic oxidation sites excluding steroid dienone is 2. The van der Waals surface area contributed by atoms with Gasteiger partial charge >= 0.3 is 11.9 Å². The molecule has 1 aliphatic rings. The van der Waals surface area contributed by atoms with Crippen molar-refractivity contribution in [2.45, 2.75) is 65.0 Å². The van der Waals surface area contributed by atoms with Gasteiger partial charge in [0, 0.05) is 13.0 Å². The first-order valence-electron chi connectivity index (χ1n) is 10.2. The van der Waals surface area contributed by atoms with Crippen LogP contribution in [0.4, 0.5) is 0 Å². The van der Waals surface area contributed by atoms with Crippen LogP contribution in [0.3, 0.4) is 0 Å². The molecule has 0 radical (unpaired) electrons. The third-order valence-electron chi connectivity index (χ3n) is 4.28. The Balaban J connectivity index is 2.85. The van der Waals surface area contributed by atoms with Gasteiger partial charge in [-0.3, -0.25) is 19.2 Å². The first-order chi connectivity index (χ1) is 14.0. The molecule has 3 atom stereocenters. The van der Waals surface area contributed by atoms with Crippen LogP contribution >= 0.6 is 0 Å². The van der Waals surface area contributed by atoms with E-state index < -0.39 is 35.4 Å². The van der Waals surface area contributed by atoms with Crippen molar-refractivity contribution in [3.8, 4) is 0 Å². The Morgan fingerprint density at radius 2 is 1.83 bits per heavy atom. The van der Waals surface area contributed by atoms with Crippen molar-refractivity contribution in [1.29, 1.82) is 0 Å². The number of carbonyl (C=O) groups is 4. The van der Waals surface area contributed by atoms with Crippen LogP contribution in [0.1, 0.15) is 53.4 Å². The van der Waals surface area contributed by atoms with Crippen molar-refractivity contribution in [3.05, 3.63) is 12.2 Å². The highest BCUT2D eigenvalue weighted by Crippen LogP contribution is 2.19. The van der Waals surface area contributed by atoms with Gasteiger partial charge in [-0.25, -0.2) is 0 Å². The maximum absolute atomic E-state index is 12.5. The quantitative estimate of drug-likeness (QED) is 0.424. The van der Waals surface area contributed by atoms with Gasteiger partial charge in [0.15, 0.2) is 0 Å². The fourth-order valence-electron chi connectivity index (χ4n) is 2.87. The van der Waals surface area contributed by atoms with Crippen LogP contribution in [-0.2, 0) is 28.7 Å². The SMILES string of the molecule is C[C@H]1COC(=O)[C@@H](CC(=O)OC(C)(C)C)C/C=C\C[C@H](CC(=O)NCCO)C(=O)N1. The van der Waals surface area contributed by atoms with E-state index in [9.17, 15) is 19.2 Å². The summed E-state index contributed by atoms with van der Waals surface area (Å²) in [6, 6.07) is -0.449. The fourth-order valence-corrected chi connectivity index (χ4v) is 2.87. The van der Waals surface area contributed by atoms with Crippen molar-refractivity contribution in [2.75, 3.05) is 19.8 Å². The predicted octanol–water partition coefficient (Wildman–Crippen LogP) is 0.847. The van der Waals surface area contributed by atoms with Gasteiger partial charge in [0.2, 0.25) is 11.8 Å². The molecular weight excluding hydrogens is 392 g/mol. The zero-order chi connectivity index (χ0) is 22.7. The van der Waals surface area contributed by atoms with Gasteiger partial charge in [0.25, 0.3) is 0 Å². The van der Waals surface area contributed by atoms with Gasteiger partial charge in [-0.2, -0.15) is 0 Å². The predicted molar refractivity (Wildman–Crippen MR) is 109 cm³/mol. The fraction of sp³-hybridized carbons (Fsp3) is 0.714. The second-order valence-electron chi connectivity index (χ2n) is 8.44. The lowest BCUT2D eigenvalue weighted by Gasteiger charge is -2.23. The van der Waals surface area contributed by atoms with Gasteiger partial charge in [0.1, 0.15) is 12.2 Å². The van der Waals surface area contributed by atoms with Crippen LogP contribution in [0.5, 0.6) is 0 Å². The normalized spacial score (nSPS) is 24.5. The Labute approximate surface area is 177 Å². The molecule has 0 unspecified atom stereocenters. The summed E-state index contributed by atoms with van der Waals surface area (Å²) in [6.07, 6.45) is 3.88. The summed E-state index contributed by atoms with van der Waals surface area (Å²) in [6.45, 7) is 6.87. The number of amides is 2. The van der Waals surface area contributed by atoms with Crippen LogP contribution in [0.25, 0.3) is 0 Å². The van der Waals surface area contributed by atoms with E-state index >= 15 is 0 Å². The molecule has 0 aromatic rings. The average Bonchev–Trinajstić information content (AvgIpc) is 2.63. The van der Waals surface area contributed by atoms with E-state index in [0.29, 0.717) is 6.42 Å². The van der Waals surface area contributed by atoms with Crippen LogP contribution in [0, 0.1) is 11.8 Å². The Kier molecular flexibility index (Phi) is 10.5. The topological polar surface area (TPSA) is 131 Å². The van der Waals surface area contributed by atoms with E-state index in [2.05, 4.69) is 10.6 Å². The molecule has 1 rings (SSSR count). The molecule has 9 heteroatoms. The number of cyclic esters (lactones) is 1. The number of hydrogen-bond acceptors (Lipinski definition) is 7. The molecule has 0 saturated heterocycles. The summed E-state index contributed by atoms with van der Waals surface area (Å²) in [4.78, 5) is 49.0. The largest absolute Gasteiger partial charge is 0.463 e. The molecule has 30 heavy (non-hydrogen) atoms. The lowest BCUT2D eigenvalue weighted by atomic mass is 9.96. The first-order valence-corrected chi connectivity index (χ1v) is 10.2. The molecule has 0 aromatic heterocycles. The summed E-state index contributed by atoms with van der Waals surface area (Å²) >= 11 is 0. The van der Waals surface area contributed by atoms with E-state index in [4.69, 9.17) is 14.6 Å². The third-order valence-corrected chi connectivity index (χ3v) is 4.28. The number of rotatable bonds is 6. The molecule has 0 aromatic carbocycles. The van der Waals surface area contributed by atoms with Gasteiger partial charge in [-0.15, -0.1) is 0 Å². The van der Waals surface area contributed by atoms with Crippen molar-refractivity contribution in [3.63, 3.8) is 0 Å². The molecule has 1 aliphatic heterocycles. The van der Waals surface area contributed by atoms with Crippen LogP contribution < -0.4 is 10.6 Å². The highest BCUT2D eigenvalue weighted by Gasteiger charge is 2.28. The number of aliphatic hydroxyl groups is 1. The van der Waals surface area contributed by atoms with Crippen molar-refractivity contribution >= 4 is 23.8 Å². The molecule has 0 fully saturated rings. The van der Waals surface area contributed by atoms with Gasteiger partial charge in [0.05, 0.1) is 30.9 Å². The molecule has 0 saturated carbocycles. The molecule has 3 N–H and O–H groups in total. The highest BCUT2D eigenvalue weighted by atomic mass is 16.6. The number of ether oxygens (including phenoxy) is 2. The second kappa shape index (κ2) is 12.3. The highest BCUT2D eigenvalue weighted by molar-refractivity contribution is 5.86. The van der Waals surface area contributed by atoms with E-state index in [1.54, 1.807) is 39.8 Å². The lowest BCUT2D eigenvalue weighted by molar-refractivity contribution is -0.161. The molecule has 1 heterocycles. The minimum Gasteiger partial charge on any atom is -0.463 e. The summed E-state index contributed by atoms with van der Waals surface area (Å²) < 4.78 is 10.6. The van der Waals surface area contributed by atoms with E-state index in [-0.39, 0.29) is 50.8 Å². The number of nitrogens with one attached hydrogen (secondary N) is 2. The average molecular weight is 427 g/mol. The van der Waals surface area contributed by atoms with E-state index in [0.717, 1.165) is 0 Å². The van der Waals surface area contributed by atoms with Gasteiger partial charge in [-0.1, -0.05) is 12.2 Å². The number of hydrogen-bond donors (Lipinski definition) is 3.